The first-order valence-corrected chi connectivity index (χ1v) is 7.07. The Balaban J connectivity index is 2.07. The summed E-state index contributed by atoms with van der Waals surface area (Å²) < 4.78 is 10.3. The largest absolute Gasteiger partial charge is 0.497 e. The molecule has 20 heavy (non-hydrogen) atoms. The predicted molar refractivity (Wildman–Crippen MR) is 78.5 cm³/mol. The first-order chi connectivity index (χ1) is 9.40. The van der Waals surface area contributed by atoms with Crippen LogP contribution in [-0.4, -0.2) is 17.3 Å². The van der Waals surface area contributed by atoms with Crippen LogP contribution in [0.25, 0.3) is 0 Å². The van der Waals surface area contributed by atoms with E-state index in [1.807, 2.05) is 32.0 Å². The van der Waals surface area contributed by atoms with Gasteiger partial charge in [-0.05, 0) is 32.0 Å². The smallest absolute Gasteiger partial charge is 0.237 e. The zero-order chi connectivity index (χ0) is 14.8. The van der Waals surface area contributed by atoms with Crippen molar-refractivity contribution in [2.45, 2.75) is 30.0 Å². The SMILES string of the molecule is COc1ccc(N)c(SCc2nc(C(C)(C)N)no2)c1. The maximum atomic E-state index is 5.92. The molecule has 108 valence electrons. The van der Waals surface area contributed by atoms with E-state index < -0.39 is 5.54 Å². The molecule has 0 aliphatic carbocycles. The number of nitrogen functional groups attached to an aromatic ring is 1. The molecular formula is C13H18N4O2S. The highest BCUT2D eigenvalue weighted by Crippen LogP contribution is 2.31. The third kappa shape index (κ3) is 3.43. The van der Waals surface area contributed by atoms with Crippen LogP contribution in [0, 0.1) is 0 Å². The van der Waals surface area contributed by atoms with Crippen molar-refractivity contribution in [3.05, 3.63) is 29.9 Å². The van der Waals surface area contributed by atoms with Crippen LogP contribution in [0.1, 0.15) is 25.6 Å². The summed E-state index contributed by atoms with van der Waals surface area (Å²) in [6.45, 7) is 3.66. The average Bonchev–Trinajstić information content (AvgIpc) is 2.86. The Morgan fingerprint density at radius 2 is 2.15 bits per heavy atom. The summed E-state index contributed by atoms with van der Waals surface area (Å²) in [5.74, 6) is 2.30. The quantitative estimate of drug-likeness (QED) is 0.643. The highest BCUT2D eigenvalue weighted by molar-refractivity contribution is 7.98. The maximum Gasteiger partial charge on any atom is 0.237 e. The molecule has 1 heterocycles. The lowest BCUT2D eigenvalue weighted by Gasteiger charge is -2.11. The molecule has 0 aliphatic heterocycles. The maximum absolute atomic E-state index is 5.92. The van der Waals surface area contributed by atoms with Crippen LogP contribution in [0.15, 0.2) is 27.6 Å². The van der Waals surface area contributed by atoms with Crippen molar-refractivity contribution in [1.29, 1.82) is 0 Å². The van der Waals surface area contributed by atoms with Gasteiger partial charge in [0, 0.05) is 10.6 Å². The molecule has 0 spiro atoms. The molecule has 1 aromatic carbocycles. The van der Waals surface area contributed by atoms with Crippen molar-refractivity contribution in [3.8, 4) is 5.75 Å². The Bertz CT molecular complexity index is 592. The molecule has 0 unspecified atom stereocenters. The number of thioether (sulfide) groups is 1. The molecule has 0 amide bonds. The van der Waals surface area contributed by atoms with E-state index in [4.69, 9.17) is 20.7 Å². The molecule has 0 radical (unpaired) electrons. The molecule has 7 heteroatoms. The van der Waals surface area contributed by atoms with Gasteiger partial charge in [-0.3, -0.25) is 0 Å². The second-order valence-electron chi connectivity index (χ2n) is 4.93. The summed E-state index contributed by atoms with van der Waals surface area (Å²) in [5.41, 5.74) is 11.9. The molecular weight excluding hydrogens is 276 g/mol. The zero-order valence-electron chi connectivity index (χ0n) is 11.7. The minimum atomic E-state index is -0.610. The third-order valence-corrected chi connectivity index (χ3v) is 3.67. The molecule has 4 N–H and O–H groups in total. The Morgan fingerprint density at radius 3 is 2.75 bits per heavy atom. The fraction of sp³-hybridized carbons (Fsp3) is 0.385. The number of ether oxygens (including phenoxy) is 1. The van der Waals surface area contributed by atoms with Crippen LogP contribution in [0.3, 0.4) is 0 Å². The second-order valence-corrected chi connectivity index (χ2v) is 5.94. The number of hydrogen-bond acceptors (Lipinski definition) is 7. The van der Waals surface area contributed by atoms with Crippen LogP contribution < -0.4 is 16.2 Å². The molecule has 0 bridgehead atoms. The minimum absolute atomic E-state index is 0.492. The van der Waals surface area contributed by atoms with Crippen LogP contribution in [0.2, 0.25) is 0 Å². The van der Waals surface area contributed by atoms with Gasteiger partial charge in [0.1, 0.15) is 5.75 Å². The van der Waals surface area contributed by atoms with Crippen LogP contribution in [0.5, 0.6) is 5.75 Å². The van der Waals surface area contributed by atoms with Gasteiger partial charge in [0.05, 0.1) is 18.4 Å². The van der Waals surface area contributed by atoms with E-state index >= 15 is 0 Å². The van der Waals surface area contributed by atoms with Crippen molar-refractivity contribution in [1.82, 2.24) is 10.1 Å². The fourth-order valence-electron chi connectivity index (χ4n) is 1.48. The van der Waals surface area contributed by atoms with E-state index in [1.165, 1.54) is 11.8 Å². The molecule has 2 aromatic rings. The van der Waals surface area contributed by atoms with Crippen molar-refractivity contribution in [3.63, 3.8) is 0 Å². The van der Waals surface area contributed by atoms with Crippen molar-refractivity contribution < 1.29 is 9.26 Å². The van der Waals surface area contributed by atoms with E-state index in [2.05, 4.69) is 10.1 Å². The third-order valence-electron chi connectivity index (χ3n) is 2.62. The van der Waals surface area contributed by atoms with Gasteiger partial charge < -0.3 is 20.7 Å². The Hall–Kier alpha value is -1.73. The van der Waals surface area contributed by atoms with E-state index in [9.17, 15) is 0 Å². The topological polar surface area (TPSA) is 100 Å². The average molecular weight is 294 g/mol. The number of nitrogens with zero attached hydrogens (tertiary/aromatic N) is 2. The van der Waals surface area contributed by atoms with Crippen LogP contribution in [-0.2, 0) is 11.3 Å². The highest BCUT2D eigenvalue weighted by Gasteiger charge is 2.21. The van der Waals surface area contributed by atoms with Crippen molar-refractivity contribution in [2.24, 2.45) is 5.73 Å². The van der Waals surface area contributed by atoms with Crippen molar-refractivity contribution in [2.75, 3.05) is 12.8 Å². The lowest BCUT2D eigenvalue weighted by molar-refractivity contribution is 0.370. The van der Waals surface area contributed by atoms with Gasteiger partial charge in [-0.1, -0.05) is 5.16 Å². The number of methoxy groups -OCH3 is 1. The second kappa shape index (κ2) is 5.72. The molecule has 6 nitrogen and oxygen atoms in total. The van der Waals surface area contributed by atoms with Crippen LogP contribution >= 0.6 is 11.8 Å². The Morgan fingerprint density at radius 1 is 1.40 bits per heavy atom. The van der Waals surface area contributed by atoms with E-state index in [-0.39, 0.29) is 0 Å². The molecule has 0 fully saturated rings. The summed E-state index contributed by atoms with van der Waals surface area (Å²) >= 11 is 1.51. The van der Waals surface area contributed by atoms with Gasteiger partial charge in [-0.2, -0.15) is 4.98 Å². The molecule has 1 aromatic heterocycles. The fourth-order valence-corrected chi connectivity index (χ4v) is 2.31. The van der Waals surface area contributed by atoms with Gasteiger partial charge in [0.25, 0.3) is 0 Å². The van der Waals surface area contributed by atoms with Gasteiger partial charge in [-0.15, -0.1) is 11.8 Å². The first kappa shape index (κ1) is 14.7. The standard InChI is InChI=1S/C13H18N4O2S/c1-13(2,15)12-16-11(19-17-12)7-20-10-6-8(18-3)4-5-9(10)14/h4-6H,7,14-15H2,1-3H3. The number of nitrogens with two attached hydrogens (primary N) is 2. The monoisotopic (exact) mass is 294 g/mol. The van der Waals surface area contributed by atoms with Crippen molar-refractivity contribution >= 4 is 17.4 Å². The molecule has 2 rings (SSSR count). The molecule has 0 aliphatic rings. The predicted octanol–water partition coefficient (Wildman–Crippen LogP) is 2.15. The van der Waals surface area contributed by atoms with Gasteiger partial charge in [-0.25, -0.2) is 0 Å². The van der Waals surface area contributed by atoms with Gasteiger partial charge in [0.2, 0.25) is 5.89 Å². The lowest BCUT2D eigenvalue weighted by atomic mass is 10.1. The summed E-state index contributed by atoms with van der Waals surface area (Å²) in [6, 6.07) is 5.51. The number of benzene rings is 1. The summed E-state index contributed by atoms with van der Waals surface area (Å²) in [7, 11) is 1.62. The zero-order valence-corrected chi connectivity index (χ0v) is 12.5. The minimum Gasteiger partial charge on any atom is -0.497 e. The van der Waals surface area contributed by atoms with E-state index in [0.717, 1.165) is 10.6 Å². The number of rotatable bonds is 5. The lowest BCUT2D eigenvalue weighted by Crippen LogP contribution is -2.30. The Labute approximate surface area is 121 Å². The molecule has 0 saturated heterocycles. The normalized spacial score (nSPS) is 11.6. The van der Waals surface area contributed by atoms with E-state index in [1.54, 1.807) is 7.11 Å². The first-order valence-electron chi connectivity index (χ1n) is 6.08. The summed E-state index contributed by atoms with van der Waals surface area (Å²) in [5, 5.41) is 3.88. The van der Waals surface area contributed by atoms with E-state index in [0.29, 0.717) is 23.2 Å². The van der Waals surface area contributed by atoms with Gasteiger partial charge >= 0.3 is 0 Å². The number of aromatic nitrogens is 2. The summed E-state index contributed by atoms with van der Waals surface area (Å²) in [6.07, 6.45) is 0. The summed E-state index contributed by atoms with van der Waals surface area (Å²) in [4.78, 5) is 5.19. The number of anilines is 1. The molecule has 0 atom stereocenters. The van der Waals surface area contributed by atoms with Gasteiger partial charge in [0.15, 0.2) is 5.82 Å². The highest BCUT2D eigenvalue weighted by atomic mass is 32.2. The Kier molecular flexibility index (Phi) is 4.20. The number of hydrogen-bond donors (Lipinski definition) is 2. The van der Waals surface area contributed by atoms with Crippen LogP contribution in [0.4, 0.5) is 5.69 Å². The molecule has 0 saturated carbocycles.